The molecular formula is C19H36O2Si. The Labute approximate surface area is 138 Å². The Balaban J connectivity index is 1.73. The van der Waals surface area contributed by atoms with E-state index in [2.05, 4.69) is 33.5 Å². The van der Waals surface area contributed by atoms with Crippen LogP contribution in [0.3, 0.4) is 0 Å². The summed E-state index contributed by atoms with van der Waals surface area (Å²) in [5.41, 5.74) is 0.436. The summed E-state index contributed by atoms with van der Waals surface area (Å²) in [7, 11) is -1.45. The Kier molecular flexibility index (Phi) is 5.59. The molecule has 22 heavy (non-hydrogen) atoms. The average Bonchev–Trinajstić information content (AvgIpc) is 2.68. The average molecular weight is 325 g/mol. The van der Waals surface area contributed by atoms with Gasteiger partial charge in [0.25, 0.3) is 0 Å². The van der Waals surface area contributed by atoms with Crippen molar-refractivity contribution in [3.8, 4) is 0 Å². The maximum Gasteiger partial charge on any atom is 0.184 e. The van der Waals surface area contributed by atoms with Crippen LogP contribution in [0.5, 0.6) is 0 Å². The molecule has 0 saturated heterocycles. The number of hydrogen-bond acceptors (Lipinski definition) is 2. The summed E-state index contributed by atoms with van der Waals surface area (Å²) < 4.78 is 6.31. The summed E-state index contributed by atoms with van der Waals surface area (Å²) >= 11 is 0. The normalized spacial score (nSPS) is 30.2. The van der Waals surface area contributed by atoms with E-state index < -0.39 is 8.32 Å². The van der Waals surface area contributed by atoms with Crippen LogP contribution in [0, 0.1) is 11.3 Å². The molecule has 0 amide bonds. The number of Topliss-reactive ketones (excluding diaryl/α,β-unsaturated/α-hetero) is 1. The van der Waals surface area contributed by atoms with Crippen LogP contribution in [0.25, 0.3) is 0 Å². The quantitative estimate of drug-likeness (QED) is 0.584. The zero-order valence-corrected chi connectivity index (χ0v) is 16.5. The molecule has 0 N–H and O–H groups in total. The maximum atomic E-state index is 11.8. The Hall–Kier alpha value is -0.153. The summed E-state index contributed by atoms with van der Waals surface area (Å²) in [6.07, 6.45) is 11.9. The molecule has 2 saturated carbocycles. The molecule has 2 rings (SSSR count). The second kappa shape index (κ2) is 6.76. The third-order valence-electron chi connectivity index (χ3n) is 5.51. The largest absolute Gasteiger partial charge is 0.413 e. The monoisotopic (exact) mass is 324 g/mol. The Morgan fingerprint density at radius 3 is 2.64 bits per heavy atom. The van der Waals surface area contributed by atoms with E-state index in [0.29, 0.717) is 11.2 Å². The van der Waals surface area contributed by atoms with Gasteiger partial charge in [0.1, 0.15) is 5.78 Å². The van der Waals surface area contributed by atoms with E-state index in [9.17, 15) is 4.79 Å². The third kappa shape index (κ3) is 5.49. The molecule has 0 heterocycles. The smallest absolute Gasteiger partial charge is 0.184 e. The zero-order chi connectivity index (χ0) is 16.4. The van der Waals surface area contributed by atoms with Gasteiger partial charge in [-0.25, -0.2) is 0 Å². The summed E-state index contributed by atoms with van der Waals surface area (Å²) in [5, 5.41) is 0. The first-order valence-corrected chi connectivity index (χ1v) is 12.7. The van der Waals surface area contributed by atoms with Crippen LogP contribution < -0.4 is 0 Å². The fourth-order valence-corrected chi connectivity index (χ4v) is 6.67. The highest BCUT2D eigenvalue weighted by molar-refractivity contribution is 6.69. The van der Waals surface area contributed by atoms with Crippen LogP contribution in [0.2, 0.25) is 19.6 Å². The molecule has 0 aliphatic heterocycles. The molecule has 2 fully saturated rings. The molecule has 128 valence electrons. The summed E-state index contributed by atoms with van der Waals surface area (Å²) in [6.45, 7) is 11.3. The molecule has 2 atom stereocenters. The van der Waals surface area contributed by atoms with Gasteiger partial charge >= 0.3 is 0 Å². The highest BCUT2D eigenvalue weighted by Crippen LogP contribution is 2.51. The molecule has 2 aliphatic rings. The van der Waals surface area contributed by atoms with Crippen molar-refractivity contribution in [1.82, 2.24) is 0 Å². The van der Waals surface area contributed by atoms with Gasteiger partial charge in [-0.3, -0.25) is 4.79 Å². The van der Waals surface area contributed by atoms with Crippen molar-refractivity contribution in [2.45, 2.75) is 103 Å². The molecule has 2 aliphatic carbocycles. The maximum absolute atomic E-state index is 11.8. The molecule has 2 nitrogen and oxygen atoms in total. The van der Waals surface area contributed by atoms with Gasteiger partial charge in [-0.05, 0) is 83.3 Å². The van der Waals surface area contributed by atoms with E-state index in [4.69, 9.17) is 4.43 Å². The first-order chi connectivity index (χ1) is 10.1. The Bertz CT molecular complexity index is 397. The third-order valence-corrected chi connectivity index (χ3v) is 6.68. The minimum absolute atomic E-state index is 0.0293. The second-order valence-corrected chi connectivity index (χ2v) is 14.0. The van der Waals surface area contributed by atoms with E-state index in [0.717, 1.165) is 25.2 Å². The topological polar surface area (TPSA) is 26.3 Å². The van der Waals surface area contributed by atoms with Gasteiger partial charge in [0.15, 0.2) is 8.32 Å². The Morgan fingerprint density at radius 1 is 1.27 bits per heavy atom. The molecule has 0 unspecified atom stereocenters. The molecule has 0 aromatic rings. The molecule has 3 heteroatoms. The summed E-state index contributed by atoms with van der Waals surface area (Å²) in [5.74, 6) is 1.38. The lowest BCUT2D eigenvalue weighted by atomic mass is 9.72. The number of carbonyl (C=O) groups is 1. The fourth-order valence-electron chi connectivity index (χ4n) is 4.91. The van der Waals surface area contributed by atoms with E-state index in [1.165, 1.54) is 44.9 Å². The fraction of sp³-hybridized carbons (Fsp3) is 0.947. The zero-order valence-electron chi connectivity index (χ0n) is 15.5. The predicted octanol–water partition coefficient (Wildman–Crippen LogP) is 5.72. The summed E-state index contributed by atoms with van der Waals surface area (Å²) in [6, 6.07) is 0. The number of carbonyl (C=O) groups excluding carboxylic acids is 1. The number of hydrogen-bond donors (Lipinski definition) is 0. The molecule has 0 radical (unpaired) electrons. The molecule has 0 aromatic carbocycles. The molecular weight excluding hydrogens is 288 g/mol. The molecule has 0 aromatic heterocycles. The van der Waals surface area contributed by atoms with Crippen LogP contribution >= 0.6 is 0 Å². The molecule has 1 spiro atoms. The Morgan fingerprint density at radius 2 is 2.00 bits per heavy atom. The minimum atomic E-state index is -1.45. The van der Waals surface area contributed by atoms with Crippen molar-refractivity contribution in [1.29, 1.82) is 0 Å². The van der Waals surface area contributed by atoms with E-state index in [1.807, 2.05) is 0 Å². The lowest BCUT2D eigenvalue weighted by molar-refractivity contribution is -0.123. The van der Waals surface area contributed by atoms with Crippen LogP contribution in [0.4, 0.5) is 0 Å². The van der Waals surface area contributed by atoms with E-state index in [1.54, 1.807) is 0 Å². The van der Waals surface area contributed by atoms with Crippen LogP contribution in [-0.2, 0) is 9.22 Å². The van der Waals surface area contributed by atoms with Gasteiger partial charge in [0, 0.05) is 12.8 Å². The summed E-state index contributed by atoms with van der Waals surface area (Å²) in [4.78, 5) is 11.8. The van der Waals surface area contributed by atoms with Crippen molar-refractivity contribution in [3.05, 3.63) is 0 Å². The first-order valence-electron chi connectivity index (χ1n) is 9.31. The standard InChI is InChI=1S/C19H36O2Si/c1-18(2,21-22(3,4)5)11-6-8-16-10-13-19(14-16)12-7-9-17(20)15-19/h16H,6-15H2,1-5H3/t16-,19+/m1/s1. The first kappa shape index (κ1) is 18.2. The number of ketones is 1. The van der Waals surface area contributed by atoms with Crippen molar-refractivity contribution in [3.63, 3.8) is 0 Å². The van der Waals surface area contributed by atoms with Gasteiger partial charge in [-0.1, -0.05) is 12.8 Å². The van der Waals surface area contributed by atoms with Gasteiger partial charge in [0.2, 0.25) is 0 Å². The highest BCUT2D eigenvalue weighted by atomic mass is 28.4. The van der Waals surface area contributed by atoms with Crippen LogP contribution in [-0.4, -0.2) is 19.7 Å². The van der Waals surface area contributed by atoms with Crippen LogP contribution in [0.15, 0.2) is 0 Å². The van der Waals surface area contributed by atoms with Gasteiger partial charge in [-0.2, -0.15) is 0 Å². The lowest BCUT2D eigenvalue weighted by Crippen LogP contribution is -2.38. The van der Waals surface area contributed by atoms with Gasteiger partial charge in [0.05, 0.1) is 5.60 Å². The lowest BCUT2D eigenvalue weighted by Gasteiger charge is -2.34. The van der Waals surface area contributed by atoms with E-state index in [-0.39, 0.29) is 5.60 Å². The van der Waals surface area contributed by atoms with Crippen molar-refractivity contribution >= 4 is 14.1 Å². The van der Waals surface area contributed by atoms with Gasteiger partial charge < -0.3 is 4.43 Å². The van der Waals surface area contributed by atoms with E-state index >= 15 is 0 Å². The predicted molar refractivity (Wildman–Crippen MR) is 95.6 cm³/mol. The van der Waals surface area contributed by atoms with Crippen molar-refractivity contribution < 1.29 is 9.22 Å². The number of rotatable bonds is 6. The SMILES string of the molecule is CC(C)(CCC[C@@H]1CC[C@@]2(CCCC(=O)C2)C1)O[Si](C)(C)C. The van der Waals surface area contributed by atoms with Crippen LogP contribution in [0.1, 0.15) is 78.1 Å². The van der Waals surface area contributed by atoms with Crippen molar-refractivity contribution in [2.75, 3.05) is 0 Å². The molecule has 0 bridgehead atoms. The highest BCUT2D eigenvalue weighted by Gasteiger charge is 2.41. The second-order valence-electron chi connectivity index (χ2n) is 9.54. The van der Waals surface area contributed by atoms with Crippen molar-refractivity contribution in [2.24, 2.45) is 11.3 Å². The minimum Gasteiger partial charge on any atom is -0.413 e. The van der Waals surface area contributed by atoms with Gasteiger partial charge in [-0.15, -0.1) is 0 Å².